The third-order valence-corrected chi connectivity index (χ3v) is 6.44. The first-order valence-corrected chi connectivity index (χ1v) is 9.09. The summed E-state index contributed by atoms with van der Waals surface area (Å²) in [6.07, 6.45) is 2.21. The molecule has 1 aliphatic carbocycles. The molecule has 0 spiro atoms. The van der Waals surface area contributed by atoms with Gasteiger partial charge in [-0.3, -0.25) is 0 Å². The molecular formula is C17H19F2N3OS. The van der Waals surface area contributed by atoms with Crippen molar-refractivity contribution < 1.29 is 13.9 Å². The van der Waals surface area contributed by atoms with E-state index in [1.54, 1.807) is 11.8 Å². The Balaban J connectivity index is 1.76. The van der Waals surface area contributed by atoms with Gasteiger partial charge in [0.2, 0.25) is 0 Å². The summed E-state index contributed by atoms with van der Waals surface area (Å²) in [4.78, 5) is 0. The maximum Gasteiger partial charge on any atom is 0.143 e. The average molecular weight is 351 g/mol. The number of aromatic nitrogens is 3. The van der Waals surface area contributed by atoms with Crippen LogP contribution in [0.5, 0.6) is 0 Å². The van der Waals surface area contributed by atoms with Gasteiger partial charge < -0.3 is 9.67 Å². The molecule has 0 unspecified atom stereocenters. The Morgan fingerprint density at radius 1 is 1.29 bits per heavy atom. The van der Waals surface area contributed by atoms with Gasteiger partial charge in [0.05, 0.1) is 12.0 Å². The minimum atomic E-state index is -0.567. The number of nitrogens with zero attached hydrogens (tertiary/aromatic N) is 3. The Morgan fingerprint density at radius 2 is 2.08 bits per heavy atom. The third kappa shape index (κ3) is 2.45. The fraction of sp³-hybridized carbons (Fsp3) is 0.529. The first-order valence-electron chi connectivity index (χ1n) is 8.10. The first-order chi connectivity index (χ1) is 11.5. The van der Waals surface area contributed by atoms with Crippen molar-refractivity contribution in [2.24, 2.45) is 0 Å². The van der Waals surface area contributed by atoms with Crippen LogP contribution in [0.2, 0.25) is 0 Å². The lowest BCUT2D eigenvalue weighted by Gasteiger charge is -2.23. The van der Waals surface area contributed by atoms with E-state index >= 15 is 0 Å². The second-order valence-electron chi connectivity index (χ2n) is 6.93. The van der Waals surface area contributed by atoms with Gasteiger partial charge in [-0.2, -0.15) is 11.8 Å². The Labute approximate surface area is 143 Å². The lowest BCUT2D eigenvalue weighted by molar-refractivity contribution is 0.254. The van der Waals surface area contributed by atoms with Gasteiger partial charge in [0.15, 0.2) is 0 Å². The quantitative estimate of drug-likeness (QED) is 0.924. The first kappa shape index (κ1) is 16.0. The third-order valence-electron chi connectivity index (χ3n) is 5.08. The molecule has 24 heavy (non-hydrogen) atoms. The van der Waals surface area contributed by atoms with Crippen LogP contribution in [0.1, 0.15) is 37.0 Å². The number of aliphatic hydroxyl groups excluding tert-OH is 1. The van der Waals surface area contributed by atoms with E-state index in [-0.39, 0.29) is 11.4 Å². The Kier molecular flexibility index (Phi) is 3.69. The summed E-state index contributed by atoms with van der Waals surface area (Å²) in [7, 11) is 0. The minimum absolute atomic E-state index is 0.0809. The van der Waals surface area contributed by atoms with Crippen LogP contribution in [0.15, 0.2) is 18.2 Å². The highest BCUT2D eigenvalue weighted by Crippen LogP contribution is 2.54. The molecule has 0 bridgehead atoms. The van der Waals surface area contributed by atoms with E-state index < -0.39 is 17.0 Å². The molecule has 1 aromatic heterocycles. The summed E-state index contributed by atoms with van der Waals surface area (Å²) < 4.78 is 29.4. The number of benzene rings is 1. The zero-order chi connectivity index (χ0) is 16.9. The number of hydrogen-bond acceptors (Lipinski definition) is 4. The van der Waals surface area contributed by atoms with Crippen molar-refractivity contribution in [2.45, 2.75) is 42.9 Å². The predicted molar refractivity (Wildman–Crippen MR) is 88.0 cm³/mol. The van der Waals surface area contributed by atoms with Gasteiger partial charge in [-0.05, 0) is 25.8 Å². The van der Waals surface area contributed by atoms with Crippen LogP contribution in [0.4, 0.5) is 8.78 Å². The molecule has 2 aromatic rings. The smallest absolute Gasteiger partial charge is 0.143 e. The highest BCUT2D eigenvalue weighted by Gasteiger charge is 2.52. The second kappa shape index (κ2) is 5.52. The van der Waals surface area contributed by atoms with Gasteiger partial charge in [0.1, 0.15) is 23.3 Å². The number of halogens is 2. The maximum atomic E-state index is 14.3. The fourth-order valence-electron chi connectivity index (χ4n) is 3.54. The van der Waals surface area contributed by atoms with Gasteiger partial charge in [0.25, 0.3) is 0 Å². The lowest BCUT2D eigenvalue weighted by Crippen LogP contribution is -2.28. The predicted octanol–water partition coefficient (Wildman–Crippen LogP) is 2.68. The Hall–Kier alpha value is -1.47. The monoisotopic (exact) mass is 351 g/mol. The molecule has 4 rings (SSSR count). The van der Waals surface area contributed by atoms with E-state index in [0.717, 1.165) is 42.9 Å². The Morgan fingerprint density at radius 3 is 2.75 bits per heavy atom. The van der Waals surface area contributed by atoms with Crippen molar-refractivity contribution in [3.8, 4) is 0 Å². The summed E-state index contributed by atoms with van der Waals surface area (Å²) in [6.45, 7) is 2.84. The number of aliphatic hydroxyl groups is 1. The zero-order valence-corrected chi connectivity index (χ0v) is 14.2. The van der Waals surface area contributed by atoms with E-state index in [4.69, 9.17) is 0 Å². The van der Waals surface area contributed by atoms with Crippen molar-refractivity contribution in [2.75, 3.05) is 12.4 Å². The van der Waals surface area contributed by atoms with Gasteiger partial charge in [-0.1, -0.05) is 6.07 Å². The molecule has 2 aliphatic rings. The van der Waals surface area contributed by atoms with Crippen LogP contribution in [0.25, 0.3) is 0 Å². The number of fused-ring (bicyclic) bond motifs is 1. The highest BCUT2D eigenvalue weighted by atomic mass is 32.2. The van der Waals surface area contributed by atoms with E-state index in [0.29, 0.717) is 12.0 Å². The molecule has 128 valence electrons. The van der Waals surface area contributed by atoms with Gasteiger partial charge in [-0.15, -0.1) is 10.2 Å². The molecule has 1 atom stereocenters. The van der Waals surface area contributed by atoms with Crippen molar-refractivity contribution in [1.82, 2.24) is 14.8 Å². The Bertz CT molecular complexity index is 790. The number of hydrogen-bond donors (Lipinski definition) is 1. The van der Waals surface area contributed by atoms with Crippen LogP contribution in [0.3, 0.4) is 0 Å². The summed E-state index contributed by atoms with van der Waals surface area (Å²) in [5.74, 6) is 1.36. The molecule has 1 aromatic carbocycles. The maximum absolute atomic E-state index is 14.3. The van der Waals surface area contributed by atoms with Crippen molar-refractivity contribution >= 4 is 11.8 Å². The standard InChI is InChI=1S/C17H19F2N3OS/c1-16(10-23)9-14-20-21-15(22(14)6-7-24-16)17(4-5-17)12-3-2-11(18)8-13(12)19/h2-3,8,23H,4-7,9-10H2,1H3/t16-/m1/s1. The van der Waals surface area contributed by atoms with E-state index in [1.165, 1.54) is 12.1 Å². The van der Waals surface area contributed by atoms with Crippen LogP contribution < -0.4 is 0 Å². The molecular weight excluding hydrogens is 332 g/mol. The SMILES string of the molecule is C[C@]1(CO)Cc2nnc(C3(c4ccc(F)cc4F)CC3)n2CCS1. The fourth-order valence-corrected chi connectivity index (χ4v) is 4.63. The summed E-state index contributed by atoms with van der Waals surface area (Å²) in [5.41, 5.74) is 0.00845. The molecule has 0 saturated heterocycles. The number of thioether (sulfide) groups is 1. The van der Waals surface area contributed by atoms with E-state index in [9.17, 15) is 13.9 Å². The lowest BCUT2D eigenvalue weighted by atomic mass is 9.94. The van der Waals surface area contributed by atoms with Crippen molar-refractivity contribution in [3.05, 3.63) is 47.0 Å². The summed E-state index contributed by atoms with van der Waals surface area (Å²) in [6, 6.07) is 3.77. The molecule has 7 heteroatoms. The molecule has 1 fully saturated rings. The van der Waals surface area contributed by atoms with Crippen molar-refractivity contribution in [3.63, 3.8) is 0 Å². The van der Waals surface area contributed by atoms with E-state index in [1.807, 2.05) is 6.92 Å². The number of rotatable bonds is 3. The molecule has 0 radical (unpaired) electrons. The zero-order valence-electron chi connectivity index (χ0n) is 13.4. The van der Waals surface area contributed by atoms with Gasteiger partial charge >= 0.3 is 0 Å². The van der Waals surface area contributed by atoms with Crippen LogP contribution in [0, 0.1) is 11.6 Å². The van der Waals surface area contributed by atoms with Crippen LogP contribution in [-0.2, 0) is 18.4 Å². The van der Waals surface area contributed by atoms with Crippen LogP contribution in [-0.4, -0.2) is 37.0 Å². The molecule has 4 nitrogen and oxygen atoms in total. The summed E-state index contributed by atoms with van der Waals surface area (Å²) >= 11 is 1.73. The topological polar surface area (TPSA) is 50.9 Å². The summed E-state index contributed by atoms with van der Waals surface area (Å²) in [5, 5.41) is 18.4. The van der Waals surface area contributed by atoms with Gasteiger partial charge in [0, 0.05) is 35.1 Å². The molecule has 2 heterocycles. The highest BCUT2D eigenvalue weighted by molar-refractivity contribution is 8.00. The van der Waals surface area contributed by atoms with Crippen LogP contribution >= 0.6 is 11.8 Å². The largest absolute Gasteiger partial charge is 0.395 e. The molecule has 0 amide bonds. The van der Waals surface area contributed by atoms with Crippen molar-refractivity contribution in [1.29, 1.82) is 0 Å². The van der Waals surface area contributed by atoms with E-state index in [2.05, 4.69) is 14.8 Å². The molecule has 1 N–H and O–H groups in total. The molecule has 1 aliphatic heterocycles. The second-order valence-corrected chi connectivity index (χ2v) is 8.61. The van der Waals surface area contributed by atoms with Gasteiger partial charge in [-0.25, -0.2) is 8.78 Å². The molecule has 1 saturated carbocycles. The minimum Gasteiger partial charge on any atom is -0.395 e. The normalized spacial score (nSPS) is 25.2. The average Bonchev–Trinajstić information content (AvgIpc) is 3.28.